The van der Waals surface area contributed by atoms with Crippen LogP contribution in [-0.2, 0) is 16.1 Å². The van der Waals surface area contributed by atoms with Crippen molar-refractivity contribution >= 4 is 27.5 Å². The van der Waals surface area contributed by atoms with Gasteiger partial charge in [-0.05, 0) is 93.4 Å². The minimum Gasteiger partial charge on any atom is -0.383 e. The summed E-state index contributed by atoms with van der Waals surface area (Å²) >= 11 is 1.65. The number of hydrogen-bond acceptors (Lipinski definition) is 3. The first kappa shape index (κ1) is 18.6. The number of ether oxygens (including phenoxy) is 1. The number of carbonyl (C=O) groups is 1. The average Bonchev–Trinajstić information content (AvgIpc) is 2.95. The molecule has 4 aliphatic carbocycles. The van der Waals surface area contributed by atoms with E-state index in [0.29, 0.717) is 6.61 Å². The quantitative estimate of drug-likeness (QED) is 0.755. The third-order valence-electron chi connectivity index (χ3n) is 7.51. The van der Waals surface area contributed by atoms with Crippen LogP contribution in [0.3, 0.4) is 0 Å². The van der Waals surface area contributed by atoms with Crippen LogP contribution in [0.4, 0.5) is 0 Å². The van der Waals surface area contributed by atoms with Crippen molar-refractivity contribution < 1.29 is 9.53 Å². The topological polar surface area (TPSA) is 43.6 Å². The van der Waals surface area contributed by atoms with Crippen molar-refractivity contribution in [3.05, 3.63) is 28.1 Å². The Balaban J connectivity index is 1.58. The number of hydrogen-bond donors (Lipinski definition) is 0. The summed E-state index contributed by atoms with van der Waals surface area (Å²) in [5.74, 6) is 2.44. The predicted octanol–water partition coefficient (Wildman–Crippen LogP) is 4.61. The normalized spacial score (nSPS) is 31.8. The molecule has 0 radical (unpaired) electrons. The van der Waals surface area contributed by atoms with Crippen LogP contribution in [0.2, 0.25) is 0 Å². The number of thiazole rings is 1. The molecule has 0 atom stereocenters. The number of benzene rings is 1. The molecule has 4 bridgehead atoms. The zero-order valence-corrected chi connectivity index (χ0v) is 18.0. The number of fused-ring (bicyclic) bond motifs is 1. The van der Waals surface area contributed by atoms with Crippen molar-refractivity contribution in [1.29, 1.82) is 0 Å². The van der Waals surface area contributed by atoms with Gasteiger partial charge in [0.25, 0.3) is 5.91 Å². The Morgan fingerprint density at radius 3 is 2.36 bits per heavy atom. The highest BCUT2D eigenvalue weighted by Gasteiger charge is 2.54. The fourth-order valence-corrected chi connectivity index (χ4v) is 7.52. The molecule has 5 heteroatoms. The molecule has 1 aromatic carbocycles. The molecule has 28 heavy (non-hydrogen) atoms. The van der Waals surface area contributed by atoms with E-state index < -0.39 is 0 Å². The zero-order chi connectivity index (χ0) is 19.5. The number of nitrogens with zero attached hydrogens (tertiary/aromatic N) is 2. The Kier molecular flexibility index (Phi) is 4.51. The van der Waals surface area contributed by atoms with Gasteiger partial charge < -0.3 is 9.30 Å². The molecule has 1 amide bonds. The molecular weight excluding hydrogens is 368 g/mol. The van der Waals surface area contributed by atoms with Crippen LogP contribution in [-0.4, -0.2) is 24.2 Å². The summed E-state index contributed by atoms with van der Waals surface area (Å²) in [6, 6.07) is 4.46. The number of carbonyl (C=O) groups excluding carboxylic acids is 1. The van der Waals surface area contributed by atoms with E-state index in [0.717, 1.165) is 48.4 Å². The molecule has 0 N–H and O–H groups in total. The minimum absolute atomic E-state index is 0.151. The standard InChI is InChI=1S/C23H30N2O2S/c1-14-6-19-20(7-15(14)2)28-22(25(19)4-5-27-3)24-21(26)23-11-16-8-17(12-23)10-18(9-16)13-23/h6-7,16-18H,4-5,8-13H2,1-3H3. The molecule has 1 heterocycles. The van der Waals surface area contributed by atoms with E-state index in [-0.39, 0.29) is 11.3 Å². The first-order chi connectivity index (χ1) is 13.5. The van der Waals surface area contributed by atoms with Crippen molar-refractivity contribution in [3.63, 3.8) is 0 Å². The SMILES string of the molecule is COCCn1c(=NC(=O)C23CC4CC(CC(C4)C2)C3)sc2cc(C)c(C)cc21. The molecule has 4 aliphatic rings. The fourth-order valence-electron chi connectivity index (χ4n) is 6.38. The van der Waals surface area contributed by atoms with Gasteiger partial charge in [0.2, 0.25) is 0 Å². The van der Waals surface area contributed by atoms with Gasteiger partial charge in [-0.2, -0.15) is 4.99 Å². The lowest BCUT2D eigenvalue weighted by molar-refractivity contribution is -0.142. The predicted molar refractivity (Wildman–Crippen MR) is 112 cm³/mol. The van der Waals surface area contributed by atoms with Gasteiger partial charge in [0.15, 0.2) is 4.80 Å². The lowest BCUT2D eigenvalue weighted by Crippen LogP contribution is -2.50. The summed E-state index contributed by atoms with van der Waals surface area (Å²) in [5.41, 5.74) is 3.56. The molecule has 4 saturated carbocycles. The Bertz CT molecular complexity index is 965. The molecule has 4 fully saturated rings. The average molecular weight is 399 g/mol. The molecular formula is C23H30N2O2S. The summed E-state index contributed by atoms with van der Waals surface area (Å²) in [4.78, 5) is 19.1. The molecule has 6 rings (SSSR count). The second kappa shape index (κ2) is 6.81. The van der Waals surface area contributed by atoms with Crippen LogP contribution in [0.25, 0.3) is 10.2 Å². The molecule has 0 unspecified atom stereocenters. The monoisotopic (exact) mass is 398 g/mol. The maximum Gasteiger partial charge on any atom is 0.254 e. The molecule has 150 valence electrons. The summed E-state index contributed by atoms with van der Waals surface area (Å²) in [6.07, 6.45) is 7.26. The van der Waals surface area contributed by atoms with E-state index in [1.807, 2.05) is 0 Å². The third kappa shape index (κ3) is 2.98. The van der Waals surface area contributed by atoms with E-state index >= 15 is 0 Å². The van der Waals surface area contributed by atoms with Gasteiger partial charge in [0.1, 0.15) is 0 Å². The first-order valence-electron chi connectivity index (χ1n) is 10.7. The Morgan fingerprint density at radius 1 is 1.14 bits per heavy atom. The Morgan fingerprint density at radius 2 is 1.75 bits per heavy atom. The smallest absolute Gasteiger partial charge is 0.254 e. The number of rotatable bonds is 4. The molecule has 4 nitrogen and oxygen atoms in total. The van der Waals surface area contributed by atoms with Gasteiger partial charge in [-0.15, -0.1) is 0 Å². The fraction of sp³-hybridized carbons (Fsp3) is 0.652. The van der Waals surface area contributed by atoms with E-state index in [2.05, 4.69) is 30.5 Å². The second-order valence-corrected chi connectivity index (χ2v) is 10.6. The molecule has 0 aliphatic heterocycles. The van der Waals surface area contributed by atoms with Gasteiger partial charge in [0.05, 0.1) is 22.2 Å². The number of amides is 1. The number of methoxy groups -OCH3 is 1. The van der Waals surface area contributed by atoms with Crippen molar-refractivity contribution in [3.8, 4) is 0 Å². The molecule has 0 spiro atoms. The lowest BCUT2D eigenvalue weighted by Gasteiger charge is -2.55. The number of aromatic nitrogens is 1. The van der Waals surface area contributed by atoms with E-state index in [9.17, 15) is 4.79 Å². The van der Waals surface area contributed by atoms with Crippen LogP contribution in [0.15, 0.2) is 17.1 Å². The zero-order valence-electron chi connectivity index (χ0n) is 17.2. The highest BCUT2D eigenvalue weighted by molar-refractivity contribution is 7.16. The van der Waals surface area contributed by atoms with Crippen LogP contribution < -0.4 is 4.80 Å². The minimum atomic E-state index is -0.171. The highest BCUT2D eigenvalue weighted by atomic mass is 32.1. The summed E-state index contributed by atoms with van der Waals surface area (Å²) < 4.78 is 8.73. The van der Waals surface area contributed by atoms with Gasteiger partial charge in [-0.1, -0.05) is 11.3 Å². The summed E-state index contributed by atoms with van der Waals surface area (Å²) in [6.45, 7) is 5.64. The van der Waals surface area contributed by atoms with Gasteiger partial charge in [-0.25, -0.2) is 0 Å². The molecule has 2 aromatic rings. The third-order valence-corrected chi connectivity index (χ3v) is 8.55. The maximum atomic E-state index is 13.5. The second-order valence-electron chi connectivity index (χ2n) is 9.55. The largest absolute Gasteiger partial charge is 0.383 e. The lowest BCUT2D eigenvalue weighted by atomic mass is 9.49. The number of aryl methyl sites for hydroxylation is 2. The Labute approximate surface area is 170 Å². The first-order valence-corrected chi connectivity index (χ1v) is 11.5. The van der Waals surface area contributed by atoms with Crippen molar-refractivity contribution in [1.82, 2.24) is 4.57 Å². The van der Waals surface area contributed by atoms with Gasteiger partial charge >= 0.3 is 0 Å². The van der Waals surface area contributed by atoms with Gasteiger partial charge in [0, 0.05) is 13.7 Å². The van der Waals surface area contributed by atoms with E-state index in [1.165, 1.54) is 40.6 Å². The van der Waals surface area contributed by atoms with Crippen molar-refractivity contribution in [2.45, 2.75) is 58.9 Å². The van der Waals surface area contributed by atoms with Crippen LogP contribution >= 0.6 is 11.3 Å². The van der Waals surface area contributed by atoms with Crippen molar-refractivity contribution in [2.75, 3.05) is 13.7 Å². The molecule has 0 saturated heterocycles. The van der Waals surface area contributed by atoms with E-state index in [1.54, 1.807) is 18.4 Å². The summed E-state index contributed by atoms with van der Waals surface area (Å²) in [7, 11) is 1.72. The van der Waals surface area contributed by atoms with Gasteiger partial charge in [-0.3, -0.25) is 4.79 Å². The molecule has 1 aromatic heterocycles. The van der Waals surface area contributed by atoms with E-state index in [4.69, 9.17) is 9.73 Å². The highest BCUT2D eigenvalue weighted by Crippen LogP contribution is 2.60. The van der Waals surface area contributed by atoms with Crippen LogP contribution in [0, 0.1) is 37.0 Å². The maximum absolute atomic E-state index is 13.5. The Hall–Kier alpha value is -1.46. The summed E-state index contributed by atoms with van der Waals surface area (Å²) in [5, 5.41) is 0. The van der Waals surface area contributed by atoms with Crippen LogP contribution in [0.1, 0.15) is 49.7 Å². The van der Waals surface area contributed by atoms with Crippen molar-refractivity contribution in [2.24, 2.45) is 28.2 Å². The van der Waals surface area contributed by atoms with Crippen LogP contribution in [0.5, 0.6) is 0 Å².